The average molecular weight is 405 g/mol. The average Bonchev–Trinajstić information content (AvgIpc) is 3.40. The Morgan fingerprint density at radius 2 is 2.10 bits per heavy atom. The Kier molecular flexibility index (Phi) is 6.02. The number of rotatable bonds is 9. The first-order chi connectivity index (χ1) is 14.6. The second kappa shape index (κ2) is 9.03. The Hall–Kier alpha value is -3.28. The fraction of sp³-hybridized carbons (Fsp3) is 0.333. The number of carbonyl (C=O) groups is 1. The third-order valence-electron chi connectivity index (χ3n) is 5.79. The van der Waals surface area contributed by atoms with Gasteiger partial charge in [0.25, 0.3) is 0 Å². The summed E-state index contributed by atoms with van der Waals surface area (Å²) in [6.45, 7) is 3.90. The van der Waals surface area contributed by atoms with Crippen molar-refractivity contribution in [3.05, 3.63) is 78.4 Å². The van der Waals surface area contributed by atoms with E-state index in [4.69, 9.17) is 4.74 Å². The Labute approximate surface area is 176 Å². The first-order valence-corrected chi connectivity index (χ1v) is 10.4. The molecule has 2 atom stereocenters. The van der Waals surface area contributed by atoms with Crippen molar-refractivity contribution in [1.82, 2.24) is 9.55 Å². The highest BCUT2D eigenvalue weighted by molar-refractivity contribution is 5.79. The lowest BCUT2D eigenvalue weighted by molar-refractivity contribution is -0.138. The maximum atomic E-state index is 11.6. The molecule has 0 saturated heterocycles. The number of benzene rings is 2. The van der Waals surface area contributed by atoms with Crippen LogP contribution >= 0.6 is 0 Å². The van der Waals surface area contributed by atoms with Crippen LogP contribution in [0.4, 0.5) is 5.69 Å². The Morgan fingerprint density at radius 1 is 1.27 bits per heavy atom. The van der Waals surface area contributed by atoms with Gasteiger partial charge in [-0.3, -0.25) is 0 Å². The summed E-state index contributed by atoms with van der Waals surface area (Å²) in [4.78, 5) is 17.7. The molecular weight excluding hydrogens is 378 g/mol. The van der Waals surface area contributed by atoms with Crippen molar-refractivity contribution >= 4 is 11.7 Å². The van der Waals surface area contributed by atoms with Crippen molar-refractivity contribution in [2.75, 3.05) is 18.1 Å². The molecule has 1 aliphatic rings. The van der Waals surface area contributed by atoms with Crippen LogP contribution in [0.5, 0.6) is 5.75 Å². The molecular formula is C24H27N3O3. The summed E-state index contributed by atoms with van der Waals surface area (Å²) >= 11 is 0. The Morgan fingerprint density at radius 3 is 2.83 bits per heavy atom. The normalized spacial score (nSPS) is 16.3. The zero-order chi connectivity index (χ0) is 20.9. The predicted octanol–water partition coefficient (Wildman–Crippen LogP) is 3.97. The molecule has 0 bridgehead atoms. The molecule has 1 N–H and O–H groups in total. The molecule has 6 nitrogen and oxygen atoms in total. The molecule has 1 aromatic heterocycles. The number of fused-ring (bicyclic) bond motifs is 1. The lowest BCUT2D eigenvalue weighted by atomic mass is 9.97. The summed E-state index contributed by atoms with van der Waals surface area (Å²) in [5.41, 5.74) is 3.41. The summed E-state index contributed by atoms with van der Waals surface area (Å²) < 4.78 is 8.09. The van der Waals surface area contributed by atoms with Crippen molar-refractivity contribution < 1.29 is 14.6 Å². The van der Waals surface area contributed by atoms with Gasteiger partial charge in [0.05, 0.1) is 12.9 Å². The van der Waals surface area contributed by atoms with E-state index in [0.717, 1.165) is 30.8 Å². The standard InChI is InChI=1S/C24H27N3O3/c1-18(24(28)29)27-16-20(9-12-26-13-11-25-17-26)22-15-21(7-8-23(22)27)30-14-10-19-5-3-2-4-6-19/h2-8,11,13,15,17-18,20H,9-10,12,14,16H2,1H3,(H,28,29). The number of aliphatic carboxylic acids is 1. The minimum absolute atomic E-state index is 0.252. The first kappa shape index (κ1) is 20.0. The highest BCUT2D eigenvalue weighted by Crippen LogP contribution is 2.41. The van der Waals surface area contributed by atoms with Gasteiger partial charge < -0.3 is 19.3 Å². The second-order valence-corrected chi connectivity index (χ2v) is 7.76. The summed E-state index contributed by atoms with van der Waals surface area (Å²) in [6.07, 6.45) is 7.32. The van der Waals surface area contributed by atoms with Gasteiger partial charge in [-0.25, -0.2) is 9.78 Å². The number of aryl methyl sites for hydroxylation is 1. The second-order valence-electron chi connectivity index (χ2n) is 7.76. The summed E-state index contributed by atoms with van der Waals surface area (Å²) in [5.74, 6) is 0.281. The number of nitrogens with zero attached hydrogens (tertiary/aromatic N) is 3. The molecule has 0 amide bonds. The van der Waals surface area contributed by atoms with Gasteiger partial charge in [0, 0.05) is 43.5 Å². The third-order valence-corrected chi connectivity index (χ3v) is 5.79. The van der Waals surface area contributed by atoms with E-state index < -0.39 is 12.0 Å². The van der Waals surface area contributed by atoms with Gasteiger partial charge in [0.2, 0.25) is 0 Å². The number of aromatic nitrogens is 2. The minimum Gasteiger partial charge on any atom is -0.493 e. The molecule has 2 unspecified atom stereocenters. The van der Waals surface area contributed by atoms with Crippen LogP contribution in [-0.4, -0.2) is 39.8 Å². The maximum absolute atomic E-state index is 11.6. The molecule has 0 radical (unpaired) electrons. The number of hydrogen-bond donors (Lipinski definition) is 1. The smallest absolute Gasteiger partial charge is 0.326 e. The zero-order valence-electron chi connectivity index (χ0n) is 17.1. The number of ether oxygens (including phenoxy) is 1. The fourth-order valence-corrected chi connectivity index (χ4v) is 4.05. The van der Waals surface area contributed by atoms with Crippen molar-refractivity contribution in [3.63, 3.8) is 0 Å². The molecule has 4 rings (SSSR count). The lowest BCUT2D eigenvalue weighted by Gasteiger charge is -2.24. The van der Waals surface area contributed by atoms with Crippen LogP contribution in [0.25, 0.3) is 0 Å². The lowest BCUT2D eigenvalue weighted by Crippen LogP contribution is -2.38. The molecule has 0 fully saturated rings. The molecule has 2 heterocycles. The van der Waals surface area contributed by atoms with E-state index >= 15 is 0 Å². The number of carboxylic acids is 1. The van der Waals surface area contributed by atoms with Crippen LogP contribution in [0.15, 0.2) is 67.3 Å². The highest BCUT2D eigenvalue weighted by atomic mass is 16.5. The monoisotopic (exact) mass is 405 g/mol. The number of hydrogen-bond acceptors (Lipinski definition) is 4. The first-order valence-electron chi connectivity index (χ1n) is 10.4. The van der Waals surface area contributed by atoms with Crippen molar-refractivity contribution in [3.8, 4) is 5.75 Å². The quantitative estimate of drug-likeness (QED) is 0.583. The largest absolute Gasteiger partial charge is 0.493 e. The number of carboxylic acid groups (broad SMARTS) is 1. The number of imidazole rings is 1. The maximum Gasteiger partial charge on any atom is 0.326 e. The predicted molar refractivity (Wildman–Crippen MR) is 116 cm³/mol. The molecule has 30 heavy (non-hydrogen) atoms. The number of anilines is 1. The summed E-state index contributed by atoms with van der Waals surface area (Å²) in [6, 6.07) is 15.8. The van der Waals surface area contributed by atoms with Gasteiger partial charge in [-0.1, -0.05) is 30.3 Å². The van der Waals surface area contributed by atoms with Crippen molar-refractivity contribution in [2.45, 2.75) is 38.3 Å². The van der Waals surface area contributed by atoms with Crippen LogP contribution in [0.3, 0.4) is 0 Å². The van der Waals surface area contributed by atoms with E-state index in [9.17, 15) is 9.90 Å². The SMILES string of the molecule is CC(C(=O)O)N1CC(CCn2ccnc2)c2cc(OCCc3ccccc3)ccc21. The summed E-state index contributed by atoms with van der Waals surface area (Å²) in [5, 5.41) is 9.53. The van der Waals surface area contributed by atoms with Gasteiger partial charge >= 0.3 is 5.97 Å². The third kappa shape index (κ3) is 4.48. The zero-order valence-corrected chi connectivity index (χ0v) is 17.1. The summed E-state index contributed by atoms with van der Waals surface area (Å²) in [7, 11) is 0. The molecule has 1 aliphatic heterocycles. The van der Waals surface area contributed by atoms with Crippen LogP contribution in [0, 0.1) is 0 Å². The van der Waals surface area contributed by atoms with Crippen LogP contribution in [0.1, 0.15) is 30.4 Å². The molecule has 2 aromatic carbocycles. The molecule has 0 spiro atoms. The molecule has 156 valence electrons. The minimum atomic E-state index is -0.806. The fourth-order valence-electron chi connectivity index (χ4n) is 4.05. The Bertz CT molecular complexity index is 973. The molecule has 0 saturated carbocycles. The van der Waals surface area contributed by atoms with E-state index in [1.807, 2.05) is 47.8 Å². The molecule has 3 aromatic rings. The van der Waals surface area contributed by atoms with E-state index in [-0.39, 0.29) is 5.92 Å². The Balaban J connectivity index is 1.48. The van der Waals surface area contributed by atoms with Gasteiger partial charge in [-0.05, 0) is 42.7 Å². The van der Waals surface area contributed by atoms with E-state index in [1.165, 1.54) is 11.1 Å². The van der Waals surface area contributed by atoms with Crippen molar-refractivity contribution in [2.24, 2.45) is 0 Å². The van der Waals surface area contributed by atoms with Crippen molar-refractivity contribution in [1.29, 1.82) is 0 Å². The highest BCUT2D eigenvalue weighted by Gasteiger charge is 2.34. The topological polar surface area (TPSA) is 67.6 Å². The van der Waals surface area contributed by atoms with Crippen LogP contribution in [-0.2, 0) is 17.8 Å². The van der Waals surface area contributed by atoms with Crippen LogP contribution in [0.2, 0.25) is 0 Å². The van der Waals surface area contributed by atoms with Gasteiger partial charge in [0.1, 0.15) is 11.8 Å². The van der Waals surface area contributed by atoms with Gasteiger partial charge in [-0.2, -0.15) is 0 Å². The molecule has 6 heteroatoms. The molecule has 0 aliphatic carbocycles. The van der Waals surface area contributed by atoms with E-state index in [0.29, 0.717) is 13.2 Å². The van der Waals surface area contributed by atoms with Gasteiger partial charge in [-0.15, -0.1) is 0 Å². The van der Waals surface area contributed by atoms with Crippen LogP contribution < -0.4 is 9.64 Å². The van der Waals surface area contributed by atoms with E-state index in [1.54, 1.807) is 13.1 Å². The van der Waals surface area contributed by atoms with E-state index in [2.05, 4.69) is 27.8 Å². The van der Waals surface area contributed by atoms with Gasteiger partial charge in [0.15, 0.2) is 0 Å².